The lowest BCUT2D eigenvalue weighted by molar-refractivity contribution is 0.0696. The lowest BCUT2D eigenvalue weighted by atomic mass is 10.1. The zero-order valence-electron chi connectivity index (χ0n) is 10.4. The van der Waals surface area contributed by atoms with Crippen molar-refractivity contribution in [3.05, 3.63) is 58.5 Å². The lowest BCUT2D eigenvalue weighted by Crippen LogP contribution is -2.25. The second-order valence-corrected chi connectivity index (χ2v) is 4.46. The molecule has 5 nitrogen and oxygen atoms in total. The van der Waals surface area contributed by atoms with Crippen molar-refractivity contribution in [3.8, 4) is 0 Å². The Balaban J connectivity index is 1.85. The summed E-state index contributed by atoms with van der Waals surface area (Å²) in [5, 5.41) is 11.6. The van der Waals surface area contributed by atoms with Gasteiger partial charge in [-0.1, -0.05) is 12.1 Å². The number of benzene rings is 1. The first kappa shape index (κ1) is 14.1. The zero-order chi connectivity index (χ0) is 14.5. The Morgan fingerprint density at radius 3 is 2.45 bits per heavy atom. The number of hydrogen-bond acceptors (Lipinski definition) is 3. The van der Waals surface area contributed by atoms with Crippen LogP contribution >= 0.6 is 11.6 Å². The van der Waals surface area contributed by atoms with Crippen molar-refractivity contribution < 1.29 is 19.1 Å². The molecule has 0 saturated carbocycles. The van der Waals surface area contributed by atoms with E-state index in [2.05, 4.69) is 5.32 Å². The Kier molecular flexibility index (Phi) is 4.42. The number of furan rings is 1. The molecule has 0 aliphatic rings. The highest BCUT2D eigenvalue weighted by atomic mass is 35.5. The fourth-order valence-corrected chi connectivity index (χ4v) is 1.89. The van der Waals surface area contributed by atoms with Crippen LogP contribution in [0.3, 0.4) is 0 Å². The van der Waals surface area contributed by atoms with Crippen molar-refractivity contribution in [2.75, 3.05) is 6.54 Å². The number of hydrogen-bond donors (Lipinski definition) is 2. The predicted octanol–water partition coefficient (Wildman–Crippen LogP) is 2.60. The van der Waals surface area contributed by atoms with Gasteiger partial charge in [0.1, 0.15) is 0 Å². The molecule has 0 fully saturated rings. The van der Waals surface area contributed by atoms with E-state index in [0.717, 1.165) is 5.56 Å². The van der Waals surface area contributed by atoms with E-state index in [1.54, 1.807) is 12.1 Å². The molecule has 20 heavy (non-hydrogen) atoms. The molecule has 0 atom stereocenters. The molecule has 2 N–H and O–H groups in total. The minimum atomic E-state index is -0.959. The van der Waals surface area contributed by atoms with Crippen molar-refractivity contribution in [3.63, 3.8) is 0 Å². The quantitative estimate of drug-likeness (QED) is 0.888. The fourth-order valence-electron chi connectivity index (χ4n) is 1.69. The van der Waals surface area contributed by atoms with E-state index in [0.29, 0.717) is 18.5 Å². The molecule has 0 aliphatic carbocycles. The van der Waals surface area contributed by atoms with Gasteiger partial charge >= 0.3 is 5.97 Å². The van der Waals surface area contributed by atoms with Crippen LogP contribution in [0.2, 0.25) is 5.22 Å². The molecule has 6 heteroatoms. The van der Waals surface area contributed by atoms with Crippen LogP contribution in [0, 0.1) is 0 Å². The molecule has 2 aromatic rings. The predicted molar refractivity (Wildman–Crippen MR) is 73.2 cm³/mol. The van der Waals surface area contributed by atoms with Gasteiger partial charge in [0.2, 0.25) is 5.22 Å². The molecule has 0 spiro atoms. The Morgan fingerprint density at radius 1 is 1.20 bits per heavy atom. The van der Waals surface area contributed by atoms with Crippen molar-refractivity contribution in [2.24, 2.45) is 0 Å². The van der Waals surface area contributed by atoms with E-state index in [4.69, 9.17) is 21.1 Å². The van der Waals surface area contributed by atoms with E-state index >= 15 is 0 Å². The number of halogens is 1. The van der Waals surface area contributed by atoms with Gasteiger partial charge in [-0.15, -0.1) is 0 Å². The number of carbonyl (C=O) groups is 2. The number of nitrogens with one attached hydrogen (secondary N) is 1. The number of rotatable bonds is 5. The smallest absolute Gasteiger partial charge is 0.335 e. The van der Waals surface area contributed by atoms with Crippen molar-refractivity contribution in [1.29, 1.82) is 0 Å². The fraction of sp³-hybridized carbons (Fsp3) is 0.143. The Bertz CT molecular complexity index is 618. The second-order valence-electron chi connectivity index (χ2n) is 4.12. The molecule has 104 valence electrons. The van der Waals surface area contributed by atoms with Gasteiger partial charge in [-0.2, -0.15) is 0 Å². The molecule has 0 saturated heterocycles. The molecule has 2 rings (SSSR count). The molecule has 0 aliphatic heterocycles. The molecular formula is C14H12ClNO4. The van der Waals surface area contributed by atoms with Gasteiger partial charge in [-0.05, 0) is 41.8 Å². The lowest BCUT2D eigenvalue weighted by Gasteiger charge is -2.04. The van der Waals surface area contributed by atoms with Crippen molar-refractivity contribution in [1.82, 2.24) is 5.32 Å². The molecule has 1 aromatic heterocycles. The maximum atomic E-state index is 11.7. The summed E-state index contributed by atoms with van der Waals surface area (Å²) >= 11 is 5.69. The first-order valence-electron chi connectivity index (χ1n) is 5.91. The van der Waals surface area contributed by atoms with Crippen LogP contribution < -0.4 is 5.32 Å². The molecule has 0 unspecified atom stereocenters. The standard InChI is InChI=1S/C14H12ClNO4/c15-12-11(6-8-20-12)13(17)16-7-5-9-1-3-10(4-2-9)14(18)19/h1-4,6,8H,5,7H2,(H,16,17)(H,18,19). The SMILES string of the molecule is O=C(O)c1ccc(CCNC(=O)c2ccoc2Cl)cc1. The minimum Gasteiger partial charge on any atom is -0.478 e. The number of carbonyl (C=O) groups excluding carboxylic acids is 1. The summed E-state index contributed by atoms with van der Waals surface area (Å²) in [5.74, 6) is -1.26. The van der Waals surface area contributed by atoms with Crippen LogP contribution in [0.15, 0.2) is 41.0 Å². The van der Waals surface area contributed by atoms with Crippen LogP contribution in [-0.4, -0.2) is 23.5 Å². The molecule has 1 amide bonds. The van der Waals surface area contributed by atoms with Crippen LogP contribution in [0.1, 0.15) is 26.3 Å². The van der Waals surface area contributed by atoms with Gasteiger partial charge in [0.25, 0.3) is 5.91 Å². The van der Waals surface area contributed by atoms with Crippen LogP contribution in [0.25, 0.3) is 0 Å². The van der Waals surface area contributed by atoms with Crippen LogP contribution in [0.4, 0.5) is 0 Å². The van der Waals surface area contributed by atoms with Crippen molar-refractivity contribution >= 4 is 23.5 Å². The van der Waals surface area contributed by atoms with E-state index in [1.165, 1.54) is 24.5 Å². The number of carboxylic acids is 1. The maximum absolute atomic E-state index is 11.7. The molecule has 1 heterocycles. The third-order valence-electron chi connectivity index (χ3n) is 2.76. The summed E-state index contributed by atoms with van der Waals surface area (Å²) in [6, 6.07) is 8.01. The van der Waals surface area contributed by atoms with E-state index in [-0.39, 0.29) is 16.7 Å². The number of carboxylic acid groups (broad SMARTS) is 1. The van der Waals surface area contributed by atoms with Crippen molar-refractivity contribution in [2.45, 2.75) is 6.42 Å². The average Bonchev–Trinajstić information content (AvgIpc) is 2.85. The summed E-state index contributed by atoms with van der Waals surface area (Å²) in [6.07, 6.45) is 1.95. The summed E-state index contributed by atoms with van der Waals surface area (Å²) in [5.41, 5.74) is 1.48. The monoisotopic (exact) mass is 293 g/mol. The van der Waals surface area contributed by atoms with E-state index < -0.39 is 5.97 Å². The zero-order valence-corrected chi connectivity index (χ0v) is 11.2. The highest BCUT2D eigenvalue weighted by molar-refractivity contribution is 6.32. The summed E-state index contributed by atoms with van der Waals surface area (Å²) in [4.78, 5) is 22.4. The highest BCUT2D eigenvalue weighted by Crippen LogP contribution is 2.16. The Labute approximate surface area is 120 Å². The van der Waals surface area contributed by atoms with Gasteiger partial charge in [0, 0.05) is 6.54 Å². The van der Waals surface area contributed by atoms with Gasteiger partial charge in [-0.25, -0.2) is 4.79 Å². The van der Waals surface area contributed by atoms with Gasteiger partial charge < -0.3 is 14.8 Å². The van der Waals surface area contributed by atoms with Gasteiger partial charge in [0.05, 0.1) is 17.4 Å². The van der Waals surface area contributed by atoms with Gasteiger partial charge in [-0.3, -0.25) is 4.79 Å². The Hall–Kier alpha value is -2.27. The summed E-state index contributed by atoms with van der Waals surface area (Å²) in [7, 11) is 0. The van der Waals surface area contributed by atoms with E-state index in [9.17, 15) is 9.59 Å². The number of aromatic carboxylic acids is 1. The van der Waals surface area contributed by atoms with Crippen LogP contribution in [-0.2, 0) is 6.42 Å². The third kappa shape index (κ3) is 3.39. The second kappa shape index (κ2) is 6.25. The average molecular weight is 294 g/mol. The first-order valence-corrected chi connectivity index (χ1v) is 6.29. The first-order chi connectivity index (χ1) is 9.58. The van der Waals surface area contributed by atoms with Gasteiger partial charge in [0.15, 0.2) is 0 Å². The normalized spacial score (nSPS) is 10.2. The Morgan fingerprint density at radius 2 is 1.90 bits per heavy atom. The molecule has 1 aromatic carbocycles. The summed E-state index contributed by atoms with van der Waals surface area (Å²) in [6.45, 7) is 0.423. The minimum absolute atomic E-state index is 0.0633. The molecule has 0 radical (unpaired) electrons. The molecular weight excluding hydrogens is 282 g/mol. The largest absolute Gasteiger partial charge is 0.478 e. The topological polar surface area (TPSA) is 79.5 Å². The maximum Gasteiger partial charge on any atom is 0.335 e. The summed E-state index contributed by atoms with van der Waals surface area (Å²) < 4.78 is 4.83. The van der Waals surface area contributed by atoms with Crippen LogP contribution in [0.5, 0.6) is 0 Å². The number of amides is 1. The highest BCUT2D eigenvalue weighted by Gasteiger charge is 2.12. The molecule has 0 bridgehead atoms. The van der Waals surface area contributed by atoms with E-state index in [1.807, 2.05) is 0 Å². The third-order valence-corrected chi connectivity index (χ3v) is 3.06.